The van der Waals surface area contributed by atoms with Crippen molar-refractivity contribution < 1.29 is 4.79 Å². The molecule has 0 radical (unpaired) electrons. The quantitative estimate of drug-likeness (QED) is 0.796. The van der Waals surface area contributed by atoms with Crippen molar-refractivity contribution in [1.29, 1.82) is 0 Å². The third-order valence-corrected chi connectivity index (χ3v) is 5.02. The molecule has 2 heteroatoms. The molecule has 104 valence electrons. The number of hydrogen-bond acceptors (Lipinski definition) is 1. The van der Waals surface area contributed by atoms with Crippen LogP contribution in [0.4, 0.5) is 0 Å². The Hall–Kier alpha value is -1.05. The van der Waals surface area contributed by atoms with Gasteiger partial charge in [-0.1, -0.05) is 26.2 Å². The minimum atomic E-state index is 0.353. The fourth-order valence-electron chi connectivity index (χ4n) is 3.94. The number of Topliss-reactive ketones (excluding diaryl/α,β-unsaturated/α-hetero) is 1. The normalized spacial score (nSPS) is 27.3. The lowest BCUT2D eigenvalue weighted by molar-refractivity contribution is 0.0971. The van der Waals surface area contributed by atoms with Crippen LogP contribution in [0.3, 0.4) is 0 Å². The third-order valence-electron chi connectivity index (χ3n) is 5.02. The van der Waals surface area contributed by atoms with Gasteiger partial charge in [0, 0.05) is 30.4 Å². The molecule has 0 amide bonds. The highest BCUT2D eigenvalue weighted by atomic mass is 16.1. The molecule has 2 unspecified atom stereocenters. The first-order valence-corrected chi connectivity index (χ1v) is 7.95. The molecule has 0 aromatic carbocycles. The van der Waals surface area contributed by atoms with E-state index >= 15 is 0 Å². The summed E-state index contributed by atoms with van der Waals surface area (Å²) in [4.78, 5) is 11.8. The van der Waals surface area contributed by atoms with Gasteiger partial charge in [-0.3, -0.25) is 4.79 Å². The Morgan fingerprint density at radius 2 is 2.16 bits per heavy atom. The van der Waals surface area contributed by atoms with E-state index in [9.17, 15) is 4.79 Å². The van der Waals surface area contributed by atoms with E-state index < -0.39 is 0 Å². The largest absolute Gasteiger partial charge is 0.351 e. The summed E-state index contributed by atoms with van der Waals surface area (Å²) in [5, 5.41) is 0. The van der Waals surface area contributed by atoms with Gasteiger partial charge >= 0.3 is 0 Å². The van der Waals surface area contributed by atoms with Crippen molar-refractivity contribution in [1.82, 2.24) is 4.57 Å². The zero-order valence-electron chi connectivity index (χ0n) is 12.0. The van der Waals surface area contributed by atoms with Crippen LogP contribution >= 0.6 is 0 Å². The van der Waals surface area contributed by atoms with Gasteiger partial charge in [0.05, 0.1) is 0 Å². The van der Waals surface area contributed by atoms with Crippen molar-refractivity contribution in [2.75, 3.05) is 0 Å². The smallest absolute Gasteiger partial charge is 0.164 e. The summed E-state index contributed by atoms with van der Waals surface area (Å²) in [6.45, 7) is 3.50. The number of hydrogen-bond donors (Lipinski definition) is 0. The first kappa shape index (κ1) is 13.0. The van der Waals surface area contributed by atoms with E-state index in [2.05, 4.69) is 17.7 Å². The maximum absolute atomic E-state index is 11.8. The zero-order chi connectivity index (χ0) is 13.2. The average Bonchev–Trinajstić information content (AvgIpc) is 2.81. The molecule has 2 aliphatic rings. The van der Waals surface area contributed by atoms with Gasteiger partial charge in [0.1, 0.15) is 0 Å². The molecule has 1 aromatic rings. The van der Waals surface area contributed by atoms with Crippen molar-refractivity contribution in [3.63, 3.8) is 0 Å². The average molecular weight is 259 g/mol. The van der Waals surface area contributed by atoms with Crippen LogP contribution in [-0.4, -0.2) is 10.4 Å². The van der Waals surface area contributed by atoms with Crippen molar-refractivity contribution in [2.24, 2.45) is 11.8 Å². The molecule has 1 heterocycles. The molecule has 0 aliphatic heterocycles. The fourth-order valence-corrected chi connectivity index (χ4v) is 3.94. The lowest BCUT2D eigenvalue weighted by Crippen LogP contribution is -2.17. The first-order chi connectivity index (χ1) is 9.24. The third kappa shape index (κ3) is 2.77. The molecule has 19 heavy (non-hydrogen) atoms. The molecule has 2 atom stereocenters. The Bertz CT molecular complexity index is 460. The van der Waals surface area contributed by atoms with Gasteiger partial charge in [0.25, 0.3) is 0 Å². The molecule has 1 aromatic heterocycles. The molecule has 2 nitrogen and oxygen atoms in total. The predicted octanol–water partition coefficient (Wildman–Crippen LogP) is 4.22. The van der Waals surface area contributed by atoms with Crippen molar-refractivity contribution in [3.8, 4) is 0 Å². The van der Waals surface area contributed by atoms with Crippen molar-refractivity contribution >= 4 is 5.78 Å². The highest BCUT2D eigenvalue weighted by molar-refractivity contribution is 5.98. The lowest BCUT2D eigenvalue weighted by atomic mass is 9.81. The van der Waals surface area contributed by atoms with E-state index in [1.807, 2.05) is 6.07 Å². The van der Waals surface area contributed by atoms with E-state index in [1.165, 1.54) is 37.8 Å². The summed E-state index contributed by atoms with van der Waals surface area (Å²) in [6, 6.07) is 2.04. The molecule has 2 aliphatic carbocycles. The molecular formula is C17H25NO. The van der Waals surface area contributed by atoms with Crippen LogP contribution in [0.2, 0.25) is 0 Å². The van der Waals surface area contributed by atoms with Gasteiger partial charge in [0.2, 0.25) is 0 Å². The van der Waals surface area contributed by atoms with Gasteiger partial charge in [-0.2, -0.15) is 0 Å². The highest BCUT2D eigenvalue weighted by Crippen LogP contribution is 2.31. The number of rotatable bonds is 3. The van der Waals surface area contributed by atoms with E-state index in [1.54, 1.807) is 0 Å². The summed E-state index contributed by atoms with van der Waals surface area (Å²) in [7, 11) is 0. The van der Waals surface area contributed by atoms with Crippen molar-refractivity contribution in [2.45, 2.75) is 64.8 Å². The van der Waals surface area contributed by atoms with Gasteiger partial charge in [-0.25, -0.2) is 0 Å². The Morgan fingerprint density at radius 3 is 3.00 bits per heavy atom. The van der Waals surface area contributed by atoms with Crippen LogP contribution in [-0.2, 0) is 13.0 Å². The van der Waals surface area contributed by atoms with Crippen LogP contribution in [0, 0.1) is 11.8 Å². The topological polar surface area (TPSA) is 22.0 Å². The summed E-state index contributed by atoms with van der Waals surface area (Å²) in [5.74, 6) is 2.17. The van der Waals surface area contributed by atoms with E-state index in [-0.39, 0.29) is 0 Å². The first-order valence-electron chi connectivity index (χ1n) is 7.95. The molecule has 0 saturated heterocycles. The van der Waals surface area contributed by atoms with Gasteiger partial charge in [-0.15, -0.1) is 0 Å². The fraction of sp³-hybridized carbons (Fsp3) is 0.706. The SMILES string of the molecule is CC1CCCC(CCn2ccc3c2CCCC3=O)C1. The number of nitrogens with zero attached hydrogens (tertiary/aromatic N) is 1. The van der Waals surface area contributed by atoms with E-state index in [4.69, 9.17) is 0 Å². The Labute approximate surface area is 116 Å². The van der Waals surface area contributed by atoms with Gasteiger partial charge < -0.3 is 4.57 Å². The second kappa shape index (κ2) is 5.52. The highest BCUT2D eigenvalue weighted by Gasteiger charge is 2.22. The van der Waals surface area contributed by atoms with Gasteiger partial charge in [0.15, 0.2) is 5.78 Å². The number of carbonyl (C=O) groups is 1. The number of aromatic nitrogens is 1. The maximum Gasteiger partial charge on any atom is 0.164 e. The molecular weight excluding hydrogens is 234 g/mol. The van der Waals surface area contributed by atoms with E-state index in [0.717, 1.165) is 43.2 Å². The summed E-state index contributed by atoms with van der Waals surface area (Å²) in [6.07, 6.45) is 12.0. The minimum absolute atomic E-state index is 0.353. The monoisotopic (exact) mass is 259 g/mol. The summed E-state index contributed by atoms with van der Waals surface area (Å²) >= 11 is 0. The van der Waals surface area contributed by atoms with E-state index in [0.29, 0.717) is 5.78 Å². The van der Waals surface area contributed by atoms with Crippen LogP contribution in [0.25, 0.3) is 0 Å². The molecule has 0 bridgehead atoms. The van der Waals surface area contributed by atoms with Crippen LogP contribution in [0.15, 0.2) is 12.3 Å². The molecule has 0 spiro atoms. The van der Waals surface area contributed by atoms with Crippen LogP contribution in [0.5, 0.6) is 0 Å². The number of ketones is 1. The minimum Gasteiger partial charge on any atom is -0.351 e. The summed E-state index contributed by atoms with van der Waals surface area (Å²) in [5.41, 5.74) is 2.31. The zero-order valence-corrected chi connectivity index (χ0v) is 12.0. The Kier molecular flexibility index (Phi) is 3.76. The summed E-state index contributed by atoms with van der Waals surface area (Å²) < 4.78 is 2.35. The van der Waals surface area contributed by atoms with Gasteiger partial charge in [-0.05, 0) is 43.6 Å². The molecule has 1 saturated carbocycles. The lowest BCUT2D eigenvalue weighted by Gasteiger charge is -2.27. The van der Waals surface area contributed by atoms with Crippen LogP contribution in [0.1, 0.15) is 67.9 Å². The molecule has 3 rings (SSSR count). The Balaban J connectivity index is 1.63. The van der Waals surface area contributed by atoms with Crippen molar-refractivity contribution in [3.05, 3.63) is 23.5 Å². The molecule has 0 N–H and O–H groups in total. The van der Waals surface area contributed by atoms with Crippen LogP contribution < -0.4 is 0 Å². The number of fused-ring (bicyclic) bond motifs is 1. The predicted molar refractivity (Wildman–Crippen MR) is 77.4 cm³/mol. The standard InChI is InChI=1S/C17H25NO/c1-13-4-2-5-14(12-13)8-10-18-11-9-15-16(18)6-3-7-17(15)19/h9,11,13-14H,2-8,10,12H2,1H3. The number of aryl methyl sites for hydroxylation is 1. The second-order valence-electron chi connectivity index (χ2n) is 6.57. The Morgan fingerprint density at radius 1 is 1.26 bits per heavy atom. The molecule has 1 fully saturated rings. The second-order valence-corrected chi connectivity index (χ2v) is 6.57. The maximum atomic E-state index is 11.8. The number of carbonyl (C=O) groups excluding carboxylic acids is 1.